The molecule has 0 saturated carbocycles. The molecule has 0 aliphatic carbocycles. The highest BCUT2D eigenvalue weighted by Crippen LogP contribution is 2.12. The van der Waals surface area contributed by atoms with E-state index in [0.717, 1.165) is 51.4 Å². The lowest BCUT2D eigenvalue weighted by molar-refractivity contribution is -0.161. The van der Waals surface area contributed by atoms with Gasteiger partial charge in [-0.1, -0.05) is 127 Å². The predicted octanol–water partition coefficient (Wildman–Crippen LogP) is 9.72. The molecule has 0 aromatic carbocycles. The van der Waals surface area contributed by atoms with Crippen LogP contribution in [0.1, 0.15) is 155 Å². The average Bonchev–Trinajstić information content (AvgIpc) is 2.96. The highest BCUT2D eigenvalue weighted by Gasteiger charge is 2.16. The molecule has 0 spiro atoms. The van der Waals surface area contributed by atoms with Gasteiger partial charge in [-0.05, 0) is 51.4 Å². The summed E-state index contributed by atoms with van der Waals surface area (Å²) < 4.78 is 10.5. The minimum absolute atomic E-state index is 0.0838. The Labute approximate surface area is 246 Å². The molecule has 1 N–H and O–H groups in total. The van der Waals surface area contributed by atoms with Crippen molar-refractivity contribution >= 4 is 11.9 Å². The number of aliphatic hydroxyl groups is 1. The van der Waals surface area contributed by atoms with Crippen molar-refractivity contribution in [2.24, 2.45) is 0 Å². The quantitative estimate of drug-likeness (QED) is 0.0558. The Morgan fingerprint density at radius 3 is 1.55 bits per heavy atom. The lowest BCUT2D eigenvalue weighted by Gasteiger charge is -2.15. The number of unbranched alkanes of at least 4 members (excludes halogenated alkanes) is 15. The smallest absolute Gasteiger partial charge is 0.306 e. The van der Waals surface area contributed by atoms with Crippen molar-refractivity contribution in [1.29, 1.82) is 0 Å². The molecule has 0 aliphatic rings. The number of allylic oxidation sites excluding steroid dienone is 6. The molecule has 40 heavy (non-hydrogen) atoms. The molecule has 5 nitrogen and oxygen atoms in total. The summed E-state index contributed by atoms with van der Waals surface area (Å²) >= 11 is 0. The number of carbonyl (C=O) groups is 2. The summed E-state index contributed by atoms with van der Waals surface area (Å²) in [5.74, 6) is -0.638. The second-order valence-corrected chi connectivity index (χ2v) is 10.9. The third kappa shape index (κ3) is 29.1. The standard InChI is InChI=1S/C35H62O5/c1-3-5-7-9-11-13-15-16-17-18-20-21-23-25-27-29-34(37)39-32-33(31-36)40-35(38)30-28-26-24-22-19-14-12-10-8-6-4-2/h11,13,16-17,20-21,33,36H,3-10,12,14-15,18-19,22-32H2,1-2H3/t33-/m0/s1. The van der Waals surface area contributed by atoms with Crippen LogP contribution in [-0.2, 0) is 19.1 Å². The second kappa shape index (κ2) is 31.6. The Bertz CT molecular complexity index is 652. The third-order valence-corrected chi connectivity index (χ3v) is 6.94. The SMILES string of the molecule is CCCCCC=CCC=CCC=CCCCCC(=O)OC[C@H](CO)OC(=O)CCCCCCCCCCCCC. The zero-order valence-corrected chi connectivity index (χ0v) is 26.1. The highest BCUT2D eigenvalue weighted by atomic mass is 16.6. The molecule has 0 saturated heterocycles. The van der Waals surface area contributed by atoms with Crippen LogP contribution in [-0.4, -0.2) is 36.4 Å². The van der Waals surface area contributed by atoms with Gasteiger partial charge in [-0.3, -0.25) is 9.59 Å². The molecule has 0 aromatic rings. The monoisotopic (exact) mass is 562 g/mol. The number of aliphatic hydroxyl groups excluding tert-OH is 1. The van der Waals surface area contributed by atoms with E-state index in [2.05, 4.69) is 50.3 Å². The molecule has 0 unspecified atom stereocenters. The molecular weight excluding hydrogens is 500 g/mol. The second-order valence-electron chi connectivity index (χ2n) is 10.9. The van der Waals surface area contributed by atoms with Crippen LogP contribution in [0.3, 0.4) is 0 Å². The van der Waals surface area contributed by atoms with Gasteiger partial charge in [0.1, 0.15) is 6.61 Å². The van der Waals surface area contributed by atoms with E-state index in [9.17, 15) is 14.7 Å². The van der Waals surface area contributed by atoms with Crippen LogP contribution in [0.4, 0.5) is 0 Å². The Morgan fingerprint density at radius 1 is 0.575 bits per heavy atom. The van der Waals surface area contributed by atoms with E-state index in [-0.39, 0.29) is 25.2 Å². The van der Waals surface area contributed by atoms with Crippen molar-refractivity contribution in [1.82, 2.24) is 0 Å². The number of hydrogen-bond donors (Lipinski definition) is 1. The highest BCUT2D eigenvalue weighted by molar-refractivity contribution is 5.70. The first-order valence-corrected chi connectivity index (χ1v) is 16.5. The molecule has 0 amide bonds. The minimum Gasteiger partial charge on any atom is -0.462 e. The van der Waals surface area contributed by atoms with Gasteiger partial charge in [0.25, 0.3) is 0 Å². The Morgan fingerprint density at radius 2 is 1.00 bits per heavy atom. The van der Waals surface area contributed by atoms with E-state index >= 15 is 0 Å². The fourth-order valence-electron chi connectivity index (χ4n) is 4.38. The van der Waals surface area contributed by atoms with Crippen molar-refractivity contribution in [3.05, 3.63) is 36.5 Å². The summed E-state index contributed by atoms with van der Waals surface area (Å²) in [4.78, 5) is 24.0. The number of carbonyl (C=O) groups excluding carboxylic acids is 2. The van der Waals surface area contributed by atoms with E-state index < -0.39 is 6.10 Å². The first-order chi connectivity index (χ1) is 19.6. The van der Waals surface area contributed by atoms with Crippen LogP contribution in [0.2, 0.25) is 0 Å². The zero-order valence-electron chi connectivity index (χ0n) is 26.1. The van der Waals surface area contributed by atoms with Gasteiger partial charge in [-0.25, -0.2) is 0 Å². The van der Waals surface area contributed by atoms with Gasteiger partial charge in [0.05, 0.1) is 6.61 Å². The lowest BCUT2D eigenvalue weighted by Crippen LogP contribution is -2.28. The minimum atomic E-state index is -0.781. The van der Waals surface area contributed by atoms with Crippen LogP contribution in [0.5, 0.6) is 0 Å². The van der Waals surface area contributed by atoms with Crippen LogP contribution >= 0.6 is 0 Å². The summed E-state index contributed by atoms with van der Waals surface area (Å²) in [5.41, 5.74) is 0. The maximum absolute atomic E-state index is 12.1. The molecular formula is C35H62O5. The molecule has 0 radical (unpaired) electrons. The lowest BCUT2D eigenvalue weighted by atomic mass is 10.1. The van der Waals surface area contributed by atoms with E-state index in [0.29, 0.717) is 12.8 Å². The van der Waals surface area contributed by atoms with Crippen molar-refractivity contribution in [2.45, 2.75) is 161 Å². The Kier molecular flexibility index (Phi) is 30.2. The summed E-state index contributed by atoms with van der Waals surface area (Å²) in [5, 5.41) is 9.48. The van der Waals surface area contributed by atoms with Crippen molar-refractivity contribution < 1.29 is 24.2 Å². The van der Waals surface area contributed by atoms with Crippen molar-refractivity contribution in [2.75, 3.05) is 13.2 Å². The summed E-state index contributed by atoms with van der Waals surface area (Å²) in [7, 11) is 0. The van der Waals surface area contributed by atoms with Gasteiger partial charge in [0, 0.05) is 12.8 Å². The fraction of sp³-hybridized carbons (Fsp3) is 0.771. The van der Waals surface area contributed by atoms with Crippen molar-refractivity contribution in [3.8, 4) is 0 Å². The molecule has 0 aliphatic heterocycles. The van der Waals surface area contributed by atoms with Crippen molar-refractivity contribution in [3.63, 3.8) is 0 Å². The van der Waals surface area contributed by atoms with Crippen LogP contribution < -0.4 is 0 Å². The van der Waals surface area contributed by atoms with Crippen LogP contribution in [0.25, 0.3) is 0 Å². The Balaban J connectivity index is 3.67. The maximum Gasteiger partial charge on any atom is 0.306 e. The summed E-state index contributed by atoms with van der Waals surface area (Å²) in [6, 6.07) is 0. The number of ether oxygens (including phenoxy) is 2. The van der Waals surface area contributed by atoms with Gasteiger partial charge in [0.2, 0.25) is 0 Å². The number of esters is 2. The summed E-state index contributed by atoms with van der Waals surface area (Å²) in [6.07, 6.45) is 36.2. The molecule has 0 rings (SSSR count). The third-order valence-electron chi connectivity index (χ3n) is 6.94. The first-order valence-electron chi connectivity index (χ1n) is 16.5. The molecule has 1 atom stereocenters. The summed E-state index contributed by atoms with van der Waals surface area (Å²) in [6.45, 7) is 4.05. The van der Waals surface area contributed by atoms with Gasteiger partial charge >= 0.3 is 11.9 Å². The molecule has 232 valence electrons. The van der Waals surface area contributed by atoms with Crippen LogP contribution in [0.15, 0.2) is 36.5 Å². The van der Waals surface area contributed by atoms with E-state index in [1.165, 1.54) is 77.0 Å². The molecule has 0 heterocycles. The maximum atomic E-state index is 12.1. The van der Waals surface area contributed by atoms with Gasteiger partial charge < -0.3 is 14.6 Å². The fourth-order valence-corrected chi connectivity index (χ4v) is 4.38. The van der Waals surface area contributed by atoms with E-state index in [1.807, 2.05) is 0 Å². The van der Waals surface area contributed by atoms with Gasteiger partial charge in [-0.2, -0.15) is 0 Å². The van der Waals surface area contributed by atoms with E-state index in [4.69, 9.17) is 9.47 Å². The predicted molar refractivity (Wildman–Crippen MR) is 168 cm³/mol. The normalized spacial score (nSPS) is 12.6. The molecule has 0 fully saturated rings. The first kappa shape index (κ1) is 38.1. The van der Waals surface area contributed by atoms with Gasteiger partial charge in [-0.15, -0.1) is 0 Å². The molecule has 0 aromatic heterocycles. The molecule has 5 heteroatoms. The topological polar surface area (TPSA) is 72.8 Å². The van der Waals surface area contributed by atoms with E-state index in [1.54, 1.807) is 0 Å². The van der Waals surface area contributed by atoms with Crippen LogP contribution in [0, 0.1) is 0 Å². The largest absolute Gasteiger partial charge is 0.462 e. The Hall–Kier alpha value is -1.88. The van der Waals surface area contributed by atoms with Gasteiger partial charge in [0.15, 0.2) is 6.10 Å². The zero-order chi connectivity index (χ0) is 29.4. The molecule has 0 bridgehead atoms. The number of rotatable bonds is 29. The average molecular weight is 563 g/mol. The number of hydrogen-bond acceptors (Lipinski definition) is 5.